The van der Waals surface area contributed by atoms with E-state index in [-0.39, 0.29) is 17.5 Å². The fourth-order valence-electron chi connectivity index (χ4n) is 3.58. The molecule has 1 fully saturated rings. The van der Waals surface area contributed by atoms with Gasteiger partial charge in [-0.3, -0.25) is 9.48 Å². The molecule has 1 saturated heterocycles. The van der Waals surface area contributed by atoms with Gasteiger partial charge in [0.2, 0.25) is 5.91 Å². The predicted octanol–water partition coefficient (Wildman–Crippen LogP) is 2.39. The van der Waals surface area contributed by atoms with E-state index in [9.17, 15) is 9.59 Å². The Kier molecular flexibility index (Phi) is 6.18. The van der Waals surface area contributed by atoms with Gasteiger partial charge in [0.05, 0.1) is 32.0 Å². The van der Waals surface area contributed by atoms with Gasteiger partial charge < -0.3 is 19.5 Å². The standard InChI is InChI=1S/C20H25N3O5/c1-27-17-5-3-4-14(19(17)28-2)6-7-18(24)22-10-8-16(9-11-22)23-13-15(12-21-23)20(25)26/h3-5,12-13,16H,6-11H2,1-2H3,(H,25,26). The van der Waals surface area contributed by atoms with E-state index in [0.29, 0.717) is 37.4 Å². The number of carboxylic acid groups (broad SMARTS) is 1. The number of benzene rings is 1. The summed E-state index contributed by atoms with van der Waals surface area (Å²) in [5.74, 6) is 0.458. The van der Waals surface area contributed by atoms with Gasteiger partial charge in [-0.05, 0) is 30.9 Å². The summed E-state index contributed by atoms with van der Waals surface area (Å²) in [5, 5.41) is 13.2. The second-order valence-corrected chi connectivity index (χ2v) is 6.78. The highest BCUT2D eigenvalue weighted by Crippen LogP contribution is 2.31. The van der Waals surface area contributed by atoms with Crippen LogP contribution in [0.1, 0.15) is 41.2 Å². The molecule has 0 unspecified atom stereocenters. The first-order chi connectivity index (χ1) is 13.5. The van der Waals surface area contributed by atoms with Crippen LogP contribution in [-0.2, 0) is 11.2 Å². The Bertz CT molecular complexity index is 840. The van der Waals surface area contributed by atoms with Crippen LogP contribution in [0.5, 0.6) is 11.5 Å². The molecule has 1 amide bonds. The van der Waals surface area contributed by atoms with E-state index in [0.717, 1.165) is 18.4 Å². The minimum atomic E-state index is -0.980. The lowest BCUT2D eigenvalue weighted by molar-refractivity contribution is -0.132. The maximum Gasteiger partial charge on any atom is 0.338 e. The van der Waals surface area contributed by atoms with Crippen LogP contribution in [0, 0.1) is 0 Å². The van der Waals surface area contributed by atoms with Crippen molar-refractivity contribution in [2.24, 2.45) is 0 Å². The first-order valence-corrected chi connectivity index (χ1v) is 9.28. The van der Waals surface area contributed by atoms with E-state index in [2.05, 4.69) is 5.10 Å². The molecule has 0 bridgehead atoms. The highest BCUT2D eigenvalue weighted by Gasteiger charge is 2.25. The van der Waals surface area contributed by atoms with Gasteiger partial charge in [-0.25, -0.2) is 4.79 Å². The van der Waals surface area contributed by atoms with E-state index in [1.54, 1.807) is 25.1 Å². The largest absolute Gasteiger partial charge is 0.493 e. The predicted molar refractivity (Wildman–Crippen MR) is 102 cm³/mol. The van der Waals surface area contributed by atoms with Crippen LogP contribution in [0.15, 0.2) is 30.6 Å². The number of likely N-dealkylation sites (tertiary alicyclic amines) is 1. The Morgan fingerprint density at radius 3 is 2.57 bits per heavy atom. The highest BCUT2D eigenvalue weighted by atomic mass is 16.5. The van der Waals surface area contributed by atoms with Crippen molar-refractivity contribution in [1.82, 2.24) is 14.7 Å². The van der Waals surface area contributed by atoms with Gasteiger partial charge in [0, 0.05) is 25.7 Å². The SMILES string of the molecule is COc1cccc(CCC(=O)N2CCC(n3cc(C(=O)O)cn3)CC2)c1OC. The van der Waals surface area contributed by atoms with Crippen molar-refractivity contribution in [3.63, 3.8) is 0 Å². The van der Waals surface area contributed by atoms with Crippen molar-refractivity contribution in [1.29, 1.82) is 0 Å². The lowest BCUT2D eigenvalue weighted by atomic mass is 10.0. The number of methoxy groups -OCH3 is 2. The average Bonchev–Trinajstić information content (AvgIpc) is 3.22. The van der Waals surface area contributed by atoms with Gasteiger partial charge in [0.1, 0.15) is 0 Å². The summed E-state index contributed by atoms with van der Waals surface area (Å²) in [7, 11) is 3.19. The van der Waals surface area contributed by atoms with Crippen molar-refractivity contribution in [2.75, 3.05) is 27.3 Å². The topological polar surface area (TPSA) is 93.9 Å². The number of rotatable bonds is 7. The molecule has 0 saturated carbocycles. The van der Waals surface area contributed by atoms with Gasteiger partial charge >= 0.3 is 5.97 Å². The molecule has 0 spiro atoms. The Hall–Kier alpha value is -3.03. The lowest BCUT2D eigenvalue weighted by Gasteiger charge is -2.32. The molecule has 150 valence electrons. The van der Waals surface area contributed by atoms with Gasteiger partial charge in [0.15, 0.2) is 11.5 Å². The number of carbonyl (C=O) groups excluding carboxylic acids is 1. The summed E-state index contributed by atoms with van der Waals surface area (Å²) in [5.41, 5.74) is 1.13. The van der Waals surface area contributed by atoms with Gasteiger partial charge in [0.25, 0.3) is 0 Å². The van der Waals surface area contributed by atoms with Crippen LogP contribution < -0.4 is 9.47 Å². The smallest absolute Gasteiger partial charge is 0.338 e. The summed E-state index contributed by atoms with van der Waals surface area (Å²) < 4.78 is 12.4. The zero-order valence-electron chi connectivity index (χ0n) is 16.1. The zero-order chi connectivity index (χ0) is 20.1. The second kappa shape index (κ2) is 8.77. The Morgan fingerprint density at radius 2 is 1.96 bits per heavy atom. The molecule has 1 aromatic heterocycles. The summed E-state index contributed by atoms with van der Waals surface area (Å²) in [6.45, 7) is 1.28. The molecule has 28 heavy (non-hydrogen) atoms. The number of nitrogens with zero attached hydrogens (tertiary/aromatic N) is 3. The number of aromatic carboxylic acids is 1. The first-order valence-electron chi connectivity index (χ1n) is 9.28. The van der Waals surface area contributed by atoms with E-state index < -0.39 is 5.97 Å². The number of ether oxygens (including phenoxy) is 2. The fraction of sp³-hybridized carbons (Fsp3) is 0.450. The van der Waals surface area contributed by atoms with Crippen molar-refractivity contribution in [3.8, 4) is 11.5 Å². The molecule has 0 radical (unpaired) electrons. The number of aromatic nitrogens is 2. The van der Waals surface area contributed by atoms with Crippen LogP contribution in [0.25, 0.3) is 0 Å². The average molecular weight is 387 g/mol. The molecule has 3 rings (SSSR count). The molecule has 1 aliphatic rings. The van der Waals surface area contributed by atoms with Gasteiger partial charge in [-0.2, -0.15) is 5.10 Å². The minimum Gasteiger partial charge on any atom is -0.493 e. The molecule has 8 nitrogen and oxygen atoms in total. The van der Waals surface area contributed by atoms with Crippen LogP contribution >= 0.6 is 0 Å². The summed E-state index contributed by atoms with van der Waals surface area (Å²) in [6, 6.07) is 5.79. The van der Waals surface area contributed by atoms with E-state index in [1.165, 1.54) is 6.20 Å². The zero-order valence-corrected chi connectivity index (χ0v) is 16.1. The number of carbonyl (C=O) groups is 2. The molecular weight excluding hydrogens is 362 g/mol. The van der Waals surface area contributed by atoms with Crippen molar-refractivity contribution < 1.29 is 24.2 Å². The highest BCUT2D eigenvalue weighted by molar-refractivity contribution is 5.86. The van der Waals surface area contributed by atoms with Crippen LogP contribution in [-0.4, -0.2) is 59.0 Å². The van der Waals surface area contributed by atoms with E-state index >= 15 is 0 Å². The Balaban J connectivity index is 1.53. The van der Waals surface area contributed by atoms with E-state index in [1.807, 2.05) is 23.1 Å². The molecule has 1 N–H and O–H groups in total. The third kappa shape index (κ3) is 4.27. The summed E-state index contributed by atoms with van der Waals surface area (Å²) in [6.07, 6.45) is 5.42. The Labute approximate surface area is 163 Å². The maximum absolute atomic E-state index is 12.6. The number of amides is 1. The monoisotopic (exact) mass is 387 g/mol. The van der Waals surface area contributed by atoms with Crippen molar-refractivity contribution in [2.45, 2.75) is 31.7 Å². The van der Waals surface area contributed by atoms with Gasteiger partial charge in [-0.1, -0.05) is 12.1 Å². The number of piperidine rings is 1. The molecule has 1 aliphatic heterocycles. The van der Waals surface area contributed by atoms with Crippen LogP contribution in [0.2, 0.25) is 0 Å². The normalized spacial score (nSPS) is 14.7. The minimum absolute atomic E-state index is 0.106. The third-order valence-corrected chi connectivity index (χ3v) is 5.13. The summed E-state index contributed by atoms with van der Waals surface area (Å²) >= 11 is 0. The number of carboxylic acids is 1. The number of hydrogen-bond acceptors (Lipinski definition) is 5. The summed E-state index contributed by atoms with van der Waals surface area (Å²) in [4.78, 5) is 25.5. The molecule has 2 heterocycles. The molecular formula is C20H25N3O5. The molecule has 1 aromatic carbocycles. The van der Waals surface area contributed by atoms with Crippen molar-refractivity contribution >= 4 is 11.9 Å². The van der Waals surface area contributed by atoms with Crippen LogP contribution in [0.4, 0.5) is 0 Å². The quantitative estimate of drug-likeness (QED) is 0.784. The molecule has 8 heteroatoms. The van der Waals surface area contributed by atoms with E-state index in [4.69, 9.17) is 14.6 Å². The lowest BCUT2D eigenvalue weighted by Crippen LogP contribution is -2.39. The molecule has 2 aromatic rings. The third-order valence-electron chi connectivity index (χ3n) is 5.13. The molecule has 0 aliphatic carbocycles. The Morgan fingerprint density at radius 1 is 1.21 bits per heavy atom. The number of hydrogen-bond donors (Lipinski definition) is 1. The van der Waals surface area contributed by atoms with Gasteiger partial charge in [-0.15, -0.1) is 0 Å². The maximum atomic E-state index is 12.6. The van der Waals surface area contributed by atoms with Crippen molar-refractivity contribution in [3.05, 3.63) is 41.7 Å². The molecule has 0 atom stereocenters. The van der Waals surface area contributed by atoms with Crippen LogP contribution in [0.3, 0.4) is 0 Å². The number of aryl methyl sites for hydroxylation is 1. The first kappa shape index (κ1) is 19.7. The fourth-order valence-corrected chi connectivity index (χ4v) is 3.58. The number of para-hydroxylation sites is 1. The second-order valence-electron chi connectivity index (χ2n) is 6.78.